The zero-order chi connectivity index (χ0) is 12.1. The molecule has 0 aliphatic heterocycles. The van der Waals surface area contributed by atoms with Crippen LogP contribution in [-0.4, -0.2) is 10.9 Å². The number of unbranched alkanes of at least 4 members (excludes halogenated alkanes) is 2. The average Bonchev–Trinajstić information content (AvgIpc) is 2.96. The molecule has 3 heteroatoms. The van der Waals surface area contributed by atoms with E-state index in [0.29, 0.717) is 0 Å². The molecule has 0 amide bonds. The second-order valence-corrected chi connectivity index (χ2v) is 5.27. The third-order valence-corrected chi connectivity index (χ3v) is 4.00. The minimum absolute atomic E-state index is 0.870. The molecular weight excluding hydrogens is 230 g/mol. The van der Waals surface area contributed by atoms with Gasteiger partial charge in [0.25, 0.3) is 0 Å². The van der Waals surface area contributed by atoms with Crippen LogP contribution in [-0.2, 0) is 0 Å². The van der Waals surface area contributed by atoms with Crippen LogP contribution < -0.4 is 0 Å². The van der Waals surface area contributed by atoms with Crippen molar-refractivity contribution in [3.8, 4) is 0 Å². The van der Waals surface area contributed by atoms with Gasteiger partial charge in [-0.05, 0) is 48.1 Å². The van der Waals surface area contributed by atoms with Crippen molar-refractivity contribution in [2.75, 3.05) is 0 Å². The Morgan fingerprint density at radius 2 is 2.24 bits per heavy atom. The molecule has 1 N–H and O–H groups in total. The van der Waals surface area contributed by atoms with Gasteiger partial charge in [0.1, 0.15) is 0 Å². The Bertz CT molecular complexity index is 417. The SMILES string of the molecule is CCCCCC1=C(c2ccsc2)C(=NO)CC1. The molecule has 1 heterocycles. The lowest BCUT2D eigenvalue weighted by Gasteiger charge is -2.05. The monoisotopic (exact) mass is 249 g/mol. The Kier molecular flexibility index (Phi) is 4.37. The number of allylic oxidation sites excluding steroid dienone is 2. The minimum Gasteiger partial charge on any atom is -0.411 e. The number of hydrogen-bond acceptors (Lipinski definition) is 3. The smallest absolute Gasteiger partial charge is 0.0876 e. The van der Waals surface area contributed by atoms with E-state index < -0.39 is 0 Å². The van der Waals surface area contributed by atoms with Crippen LogP contribution in [0.5, 0.6) is 0 Å². The standard InChI is InChI=1S/C14H19NOS/c1-2-3-4-5-11-6-7-13(15-16)14(11)12-8-9-17-10-12/h8-10,16H,2-7H2,1H3. The van der Waals surface area contributed by atoms with Gasteiger partial charge in [0.05, 0.1) is 5.71 Å². The summed E-state index contributed by atoms with van der Waals surface area (Å²) in [6.45, 7) is 2.23. The Balaban J connectivity index is 2.21. The summed E-state index contributed by atoms with van der Waals surface area (Å²) in [5, 5.41) is 16.8. The molecule has 92 valence electrons. The molecule has 0 unspecified atom stereocenters. The predicted molar refractivity (Wildman–Crippen MR) is 73.8 cm³/mol. The van der Waals surface area contributed by atoms with Gasteiger partial charge in [-0.25, -0.2) is 0 Å². The Labute approximate surface area is 107 Å². The third kappa shape index (κ3) is 2.78. The Hall–Kier alpha value is -1.09. The van der Waals surface area contributed by atoms with Crippen molar-refractivity contribution < 1.29 is 5.21 Å². The molecule has 1 aromatic heterocycles. The summed E-state index contributed by atoms with van der Waals surface area (Å²) >= 11 is 1.70. The maximum Gasteiger partial charge on any atom is 0.0876 e. The minimum atomic E-state index is 0.870. The van der Waals surface area contributed by atoms with Crippen LogP contribution >= 0.6 is 11.3 Å². The summed E-state index contributed by atoms with van der Waals surface area (Å²) in [7, 11) is 0. The summed E-state index contributed by atoms with van der Waals surface area (Å²) in [4.78, 5) is 0. The summed E-state index contributed by atoms with van der Waals surface area (Å²) in [6, 6.07) is 2.12. The first kappa shape index (κ1) is 12.4. The van der Waals surface area contributed by atoms with Crippen LogP contribution in [0.25, 0.3) is 5.57 Å². The van der Waals surface area contributed by atoms with Crippen molar-refractivity contribution in [3.05, 3.63) is 28.0 Å². The van der Waals surface area contributed by atoms with Gasteiger partial charge < -0.3 is 5.21 Å². The Morgan fingerprint density at radius 1 is 1.35 bits per heavy atom. The zero-order valence-electron chi connectivity index (χ0n) is 10.3. The van der Waals surface area contributed by atoms with Crippen LogP contribution in [0.3, 0.4) is 0 Å². The van der Waals surface area contributed by atoms with E-state index in [1.165, 1.54) is 36.0 Å². The molecule has 0 aromatic carbocycles. The van der Waals surface area contributed by atoms with E-state index in [1.807, 2.05) is 0 Å². The van der Waals surface area contributed by atoms with E-state index >= 15 is 0 Å². The van der Waals surface area contributed by atoms with Crippen molar-refractivity contribution in [3.63, 3.8) is 0 Å². The molecular formula is C14H19NOS. The second-order valence-electron chi connectivity index (χ2n) is 4.49. The van der Waals surface area contributed by atoms with E-state index in [0.717, 1.165) is 25.0 Å². The van der Waals surface area contributed by atoms with Crippen molar-refractivity contribution >= 4 is 22.6 Å². The molecule has 1 aliphatic carbocycles. The first-order valence-electron chi connectivity index (χ1n) is 6.32. The first-order valence-corrected chi connectivity index (χ1v) is 7.27. The van der Waals surface area contributed by atoms with Crippen molar-refractivity contribution in [1.29, 1.82) is 0 Å². The quantitative estimate of drug-likeness (QED) is 0.457. The highest BCUT2D eigenvalue weighted by molar-refractivity contribution is 7.08. The highest BCUT2D eigenvalue weighted by Crippen LogP contribution is 2.35. The number of rotatable bonds is 5. The molecule has 0 atom stereocenters. The molecule has 17 heavy (non-hydrogen) atoms. The highest BCUT2D eigenvalue weighted by atomic mass is 32.1. The van der Waals surface area contributed by atoms with Gasteiger partial charge in [0, 0.05) is 5.57 Å². The average molecular weight is 249 g/mol. The van der Waals surface area contributed by atoms with Gasteiger partial charge in [-0.2, -0.15) is 11.3 Å². The predicted octanol–water partition coefficient (Wildman–Crippen LogP) is 4.71. The van der Waals surface area contributed by atoms with Gasteiger partial charge in [-0.3, -0.25) is 0 Å². The fourth-order valence-electron chi connectivity index (χ4n) is 2.44. The highest BCUT2D eigenvalue weighted by Gasteiger charge is 2.22. The molecule has 0 saturated heterocycles. The van der Waals surface area contributed by atoms with Crippen LogP contribution in [0.15, 0.2) is 27.6 Å². The van der Waals surface area contributed by atoms with Gasteiger partial charge >= 0.3 is 0 Å². The molecule has 0 radical (unpaired) electrons. The fraction of sp³-hybridized carbons (Fsp3) is 0.500. The molecule has 2 rings (SSSR count). The van der Waals surface area contributed by atoms with Gasteiger partial charge in [-0.15, -0.1) is 0 Å². The van der Waals surface area contributed by atoms with Gasteiger partial charge in [-0.1, -0.05) is 30.5 Å². The van der Waals surface area contributed by atoms with E-state index in [4.69, 9.17) is 5.21 Å². The zero-order valence-corrected chi connectivity index (χ0v) is 11.1. The third-order valence-electron chi connectivity index (χ3n) is 3.32. The second kappa shape index (κ2) is 6.01. The summed E-state index contributed by atoms with van der Waals surface area (Å²) in [5.74, 6) is 0. The lowest BCUT2D eigenvalue weighted by Crippen LogP contribution is -1.95. The molecule has 0 saturated carbocycles. The van der Waals surface area contributed by atoms with Crippen LogP contribution in [0.1, 0.15) is 51.0 Å². The van der Waals surface area contributed by atoms with Crippen LogP contribution in [0.4, 0.5) is 0 Å². The maximum atomic E-state index is 9.08. The lowest BCUT2D eigenvalue weighted by atomic mass is 10.00. The lowest BCUT2D eigenvalue weighted by molar-refractivity contribution is 0.319. The van der Waals surface area contributed by atoms with Crippen molar-refractivity contribution in [2.24, 2.45) is 5.16 Å². The molecule has 1 aliphatic rings. The molecule has 0 fully saturated rings. The molecule has 2 nitrogen and oxygen atoms in total. The van der Waals surface area contributed by atoms with E-state index in [9.17, 15) is 0 Å². The molecule has 1 aromatic rings. The normalized spacial score (nSPS) is 18.3. The Morgan fingerprint density at radius 3 is 2.88 bits per heavy atom. The summed E-state index contributed by atoms with van der Waals surface area (Å²) in [6.07, 6.45) is 6.89. The topological polar surface area (TPSA) is 32.6 Å². The number of thiophene rings is 1. The molecule has 0 bridgehead atoms. The van der Waals surface area contributed by atoms with Crippen LogP contribution in [0.2, 0.25) is 0 Å². The number of hydrogen-bond donors (Lipinski definition) is 1. The molecule has 0 spiro atoms. The number of nitrogens with zero attached hydrogens (tertiary/aromatic N) is 1. The maximum absolute atomic E-state index is 9.08. The summed E-state index contributed by atoms with van der Waals surface area (Å²) in [5.41, 5.74) is 4.79. The fourth-order valence-corrected chi connectivity index (χ4v) is 3.09. The van der Waals surface area contributed by atoms with E-state index in [1.54, 1.807) is 11.3 Å². The number of oxime groups is 1. The van der Waals surface area contributed by atoms with E-state index in [-0.39, 0.29) is 0 Å². The largest absolute Gasteiger partial charge is 0.411 e. The van der Waals surface area contributed by atoms with Crippen LogP contribution in [0, 0.1) is 0 Å². The van der Waals surface area contributed by atoms with Crippen molar-refractivity contribution in [1.82, 2.24) is 0 Å². The first-order chi connectivity index (χ1) is 8.36. The summed E-state index contributed by atoms with van der Waals surface area (Å²) < 4.78 is 0. The van der Waals surface area contributed by atoms with Gasteiger partial charge in [0.15, 0.2) is 0 Å². The van der Waals surface area contributed by atoms with Gasteiger partial charge in [0.2, 0.25) is 0 Å². The van der Waals surface area contributed by atoms with E-state index in [2.05, 4.69) is 28.9 Å². The van der Waals surface area contributed by atoms with Crippen molar-refractivity contribution in [2.45, 2.75) is 45.4 Å².